The zero-order valence-corrected chi connectivity index (χ0v) is 15.0. The van der Waals surface area contributed by atoms with Crippen LogP contribution >= 0.6 is 0 Å². The average Bonchev–Trinajstić information content (AvgIpc) is 3.10. The van der Waals surface area contributed by atoms with Crippen molar-refractivity contribution in [3.63, 3.8) is 0 Å². The number of nitrogens with one attached hydrogen (secondary N) is 4. The summed E-state index contributed by atoms with van der Waals surface area (Å²) in [5, 5.41) is 14.9. The Morgan fingerprint density at radius 3 is 2.59 bits per heavy atom. The highest BCUT2D eigenvalue weighted by Gasteiger charge is 2.10. The van der Waals surface area contributed by atoms with Crippen LogP contribution in [0.15, 0.2) is 53.6 Å². The number of rotatable bonds is 5. The lowest BCUT2D eigenvalue weighted by atomic mass is 10.1. The Morgan fingerprint density at radius 1 is 1.19 bits per heavy atom. The van der Waals surface area contributed by atoms with E-state index in [-0.39, 0.29) is 11.9 Å². The van der Waals surface area contributed by atoms with E-state index in [0.717, 1.165) is 22.2 Å². The number of nitrogens with zero attached hydrogens (tertiary/aromatic N) is 1. The summed E-state index contributed by atoms with van der Waals surface area (Å²) >= 11 is 0. The normalized spacial score (nSPS) is 11.3. The highest BCUT2D eigenvalue weighted by Crippen LogP contribution is 2.22. The van der Waals surface area contributed by atoms with Crippen molar-refractivity contribution < 1.29 is 9.53 Å². The summed E-state index contributed by atoms with van der Waals surface area (Å²) in [5.41, 5.74) is 11.1. The minimum Gasteiger partial charge on any atom is -0.497 e. The number of methoxy groups -OCH3 is 1. The number of hydrazone groups is 1. The van der Waals surface area contributed by atoms with E-state index in [1.807, 2.05) is 30.3 Å². The lowest BCUT2D eigenvalue weighted by Gasteiger charge is -2.06. The molecule has 27 heavy (non-hydrogen) atoms. The first-order chi connectivity index (χ1) is 13.0. The molecule has 8 nitrogen and oxygen atoms in total. The molecule has 138 valence electrons. The number of benzene rings is 2. The topological polar surface area (TPSA) is 128 Å². The second kappa shape index (κ2) is 7.61. The fourth-order valence-electron chi connectivity index (χ4n) is 2.56. The molecule has 0 spiro atoms. The van der Waals surface area contributed by atoms with Crippen molar-refractivity contribution in [3.05, 3.63) is 59.8 Å². The van der Waals surface area contributed by atoms with Gasteiger partial charge in [-0.3, -0.25) is 10.2 Å². The number of hydrogen-bond acceptors (Lipinski definition) is 4. The monoisotopic (exact) mass is 364 g/mol. The summed E-state index contributed by atoms with van der Waals surface area (Å²) in [6, 6.07) is 14.6. The van der Waals surface area contributed by atoms with Gasteiger partial charge in [-0.1, -0.05) is 12.1 Å². The molecule has 0 saturated carbocycles. The number of nitrogens with two attached hydrogens (primary N) is 1. The molecule has 3 aromatic rings. The van der Waals surface area contributed by atoms with Crippen molar-refractivity contribution in [2.45, 2.75) is 6.92 Å². The molecule has 0 unspecified atom stereocenters. The van der Waals surface area contributed by atoms with E-state index in [1.165, 1.54) is 0 Å². The number of anilines is 1. The predicted octanol–water partition coefficient (Wildman–Crippen LogP) is 2.64. The highest BCUT2D eigenvalue weighted by atomic mass is 16.5. The Morgan fingerprint density at radius 2 is 1.93 bits per heavy atom. The number of H-pyrrole nitrogens is 1. The third-order valence-corrected chi connectivity index (χ3v) is 3.98. The smallest absolute Gasteiger partial charge is 0.272 e. The van der Waals surface area contributed by atoms with Crippen LogP contribution in [-0.2, 0) is 0 Å². The number of carbonyl (C=O) groups is 1. The van der Waals surface area contributed by atoms with Gasteiger partial charge >= 0.3 is 0 Å². The van der Waals surface area contributed by atoms with Gasteiger partial charge in [0.1, 0.15) is 11.4 Å². The number of ether oxygens (including phenoxy) is 1. The Kier molecular flexibility index (Phi) is 5.07. The molecule has 1 amide bonds. The molecule has 0 saturated heterocycles. The quantitative estimate of drug-likeness (QED) is 0.271. The Balaban J connectivity index is 1.72. The number of aromatic nitrogens is 1. The second-order valence-corrected chi connectivity index (χ2v) is 5.89. The summed E-state index contributed by atoms with van der Waals surface area (Å²) in [4.78, 5) is 15.6. The van der Waals surface area contributed by atoms with Gasteiger partial charge in [-0.25, -0.2) is 5.43 Å². The second-order valence-electron chi connectivity index (χ2n) is 5.89. The van der Waals surface area contributed by atoms with Crippen LogP contribution in [0.3, 0.4) is 0 Å². The summed E-state index contributed by atoms with van der Waals surface area (Å²) in [7, 11) is 1.60. The van der Waals surface area contributed by atoms with E-state index in [9.17, 15) is 4.79 Å². The zero-order chi connectivity index (χ0) is 19.4. The number of fused-ring (bicyclic) bond motifs is 1. The molecule has 1 aromatic heterocycles. The fourth-order valence-corrected chi connectivity index (χ4v) is 2.56. The van der Waals surface area contributed by atoms with Gasteiger partial charge in [0.15, 0.2) is 0 Å². The third kappa shape index (κ3) is 4.24. The van der Waals surface area contributed by atoms with Gasteiger partial charge < -0.3 is 20.8 Å². The Labute approximate surface area is 155 Å². The van der Waals surface area contributed by atoms with Gasteiger partial charge in [-0.15, -0.1) is 0 Å². The van der Waals surface area contributed by atoms with Crippen LogP contribution in [0.2, 0.25) is 0 Å². The molecule has 0 aliphatic carbocycles. The molecule has 8 heteroatoms. The molecule has 0 bridgehead atoms. The SMILES string of the molecule is COc1ccc2cc(C(=O)Nc3ccc(/C(C)=N/NC(=N)N)cc3)[nH]c2c1. The first-order valence-corrected chi connectivity index (χ1v) is 8.19. The Bertz CT molecular complexity index is 1020. The number of hydrogen-bond donors (Lipinski definition) is 5. The molecule has 2 aromatic carbocycles. The maximum Gasteiger partial charge on any atom is 0.272 e. The minimum absolute atomic E-state index is 0.228. The lowest BCUT2D eigenvalue weighted by molar-refractivity contribution is 0.102. The van der Waals surface area contributed by atoms with Crippen LogP contribution in [0.25, 0.3) is 10.9 Å². The molecule has 1 heterocycles. The van der Waals surface area contributed by atoms with Crippen LogP contribution in [-0.4, -0.2) is 29.7 Å². The van der Waals surface area contributed by atoms with E-state index in [2.05, 4.69) is 20.8 Å². The number of amides is 1. The summed E-state index contributed by atoms with van der Waals surface area (Å²) in [5.74, 6) is 0.263. The van der Waals surface area contributed by atoms with Gasteiger partial charge in [0.05, 0.1) is 12.8 Å². The molecule has 3 rings (SSSR count). The van der Waals surface area contributed by atoms with Crippen molar-refractivity contribution in [1.29, 1.82) is 5.41 Å². The summed E-state index contributed by atoms with van der Waals surface area (Å²) in [6.07, 6.45) is 0. The molecule has 0 aliphatic heterocycles. The standard InChI is InChI=1S/C19H20N6O2/c1-11(24-25-19(20)21)12-3-6-14(7-4-12)22-18(26)17-9-13-5-8-15(27-2)10-16(13)23-17/h3-10,23H,1-2H3,(H,22,26)(H4,20,21,25)/b24-11+. The first-order valence-electron chi connectivity index (χ1n) is 8.19. The van der Waals surface area contributed by atoms with Crippen molar-refractivity contribution in [3.8, 4) is 5.75 Å². The summed E-state index contributed by atoms with van der Waals surface area (Å²) in [6.45, 7) is 1.79. The molecular formula is C19H20N6O2. The number of carbonyl (C=O) groups excluding carboxylic acids is 1. The highest BCUT2D eigenvalue weighted by molar-refractivity contribution is 6.06. The van der Waals surface area contributed by atoms with Gasteiger partial charge in [-0.2, -0.15) is 5.10 Å². The van der Waals surface area contributed by atoms with Crippen molar-refractivity contribution in [1.82, 2.24) is 10.4 Å². The molecule has 6 N–H and O–H groups in total. The fraction of sp³-hybridized carbons (Fsp3) is 0.105. The molecule has 0 atom stereocenters. The van der Waals surface area contributed by atoms with E-state index >= 15 is 0 Å². The maximum absolute atomic E-state index is 12.5. The largest absolute Gasteiger partial charge is 0.497 e. The molecule has 0 fully saturated rings. The zero-order valence-electron chi connectivity index (χ0n) is 15.0. The number of guanidine groups is 1. The molecular weight excluding hydrogens is 344 g/mol. The minimum atomic E-state index is -0.235. The Hall–Kier alpha value is -3.81. The van der Waals surface area contributed by atoms with Crippen LogP contribution < -0.4 is 21.2 Å². The van der Waals surface area contributed by atoms with Crippen molar-refractivity contribution in [2.24, 2.45) is 10.8 Å². The third-order valence-electron chi connectivity index (χ3n) is 3.98. The van der Waals surface area contributed by atoms with E-state index in [4.69, 9.17) is 15.9 Å². The van der Waals surface area contributed by atoms with Gasteiger partial charge in [-0.05, 0) is 42.8 Å². The molecule has 0 aliphatic rings. The van der Waals surface area contributed by atoms with Crippen LogP contribution in [0.4, 0.5) is 5.69 Å². The van der Waals surface area contributed by atoms with Crippen molar-refractivity contribution >= 4 is 34.2 Å². The van der Waals surface area contributed by atoms with Crippen molar-refractivity contribution in [2.75, 3.05) is 12.4 Å². The van der Waals surface area contributed by atoms with E-state index < -0.39 is 0 Å². The molecule has 0 radical (unpaired) electrons. The average molecular weight is 364 g/mol. The van der Waals surface area contributed by atoms with Gasteiger partial charge in [0, 0.05) is 22.7 Å². The summed E-state index contributed by atoms with van der Waals surface area (Å²) < 4.78 is 5.20. The maximum atomic E-state index is 12.5. The van der Waals surface area contributed by atoms with Crippen LogP contribution in [0, 0.1) is 5.41 Å². The first kappa shape index (κ1) is 18.0. The lowest BCUT2D eigenvalue weighted by Crippen LogP contribution is -2.26. The van der Waals surface area contributed by atoms with Crippen LogP contribution in [0.5, 0.6) is 5.75 Å². The van der Waals surface area contributed by atoms with Crippen LogP contribution in [0.1, 0.15) is 23.0 Å². The van der Waals surface area contributed by atoms with Gasteiger partial charge in [0.25, 0.3) is 5.91 Å². The van der Waals surface area contributed by atoms with E-state index in [0.29, 0.717) is 17.1 Å². The van der Waals surface area contributed by atoms with E-state index in [1.54, 1.807) is 32.2 Å². The predicted molar refractivity (Wildman–Crippen MR) is 107 cm³/mol. The number of aromatic amines is 1. The van der Waals surface area contributed by atoms with Gasteiger partial charge in [0.2, 0.25) is 5.96 Å².